The van der Waals surface area contributed by atoms with Crippen molar-refractivity contribution >= 4 is 24.6 Å². The van der Waals surface area contributed by atoms with Crippen LogP contribution in [0.25, 0.3) is 0 Å². The van der Waals surface area contributed by atoms with Gasteiger partial charge in [0.1, 0.15) is 0 Å². The van der Waals surface area contributed by atoms with Gasteiger partial charge < -0.3 is 15.9 Å². The number of carbonyl (C=O) groups is 2. The lowest BCUT2D eigenvalue weighted by Crippen LogP contribution is -2.34. The van der Waals surface area contributed by atoms with Gasteiger partial charge >= 0.3 is 11.9 Å². The van der Waals surface area contributed by atoms with Crippen molar-refractivity contribution in [3.05, 3.63) is 4.91 Å². The van der Waals surface area contributed by atoms with E-state index >= 15 is 0 Å². The second-order valence-corrected chi connectivity index (χ2v) is 2.26. The SMILES string of the molecule is NCC(=O)O.O=NN[C@@H](CS)C(=O)O. The number of nitroso groups, excluding NO2 is 1. The fourth-order valence-electron chi connectivity index (χ4n) is 0.238. The smallest absolute Gasteiger partial charge is 0.328 e. The first-order chi connectivity index (χ1) is 6.49. The van der Waals surface area contributed by atoms with Gasteiger partial charge in [0.05, 0.1) is 11.8 Å². The lowest BCUT2D eigenvalue weighted by Gasteiger charge is -2.03. The van der Waals surface area contributed by atoms with Crippen molar-refractivity contribution in [3.63, 3.8) is 0 Å². The van der Waals surface area contributed by atoms with Gasteiger partial charge in [-0.1, -0.05) is 0 Å². The lowest BCUT2D eigenvalue weighted by molar-refractivity contribution is -0.139. The van der Waals surface area contributed by atoms with Crippen LogP contribution in [0.2, 0.25) is 0 Å². The number of nitrogens with one attached hydrogen (secondary N) is 1. The molecule has 9 heteroatoms. The normalized spacial score (nSPS) is 10.4. The molecular formula is C5H11N3O5S. The van der Waals surface area contributed by atoms with Crippen LogP contribution in [0.1, 0.15) is 0 Å². The highest BCUT2D eigenvalue weighted by atomic mass is 32.1. The Morgan fingerprint density at radius 1 is 1.50 bits per heavy atom. The number of carboxylic acid groups (broad SMARTS) is 2. The second-order valence-electron chi connectivity index (χ2n) is 1.89. The first-order valence-corrected chi connectivity index (χ1v) is 3.96. The van der Waals surface area contributed by atoms with Crippen LogP contribution < -0.4 is 11.2 Å². The zero-order chi connectivity index (χ0) is 11.6. The van der Waals surface area contributed by atoms with Crippen molar-refractivity contribution in [2.24, 2.45) is 11.0 Å². The van der Waals surface area contributed by atoms with Crippen LogP contribution in [-0.2, 0) is 9.59 Å². The van der Waals surface area contributed by atoms with Gasteiger partial charge in [-0.15, -0.1) is 4.91 Å². The zero-order valence-corrected chi connectivity index (χ0v) is 7.98. The highest BCUT2D eigenvalue weighted by Gasteiger charge is 2.13. The maximum absolute atomic E-state index is 10.0. The van der Waals surface area contributed by atoms with Crippen LogP contribution in [0.4, 0.5) is 0 Å². The summed E-state index contributed by atoms with van der Waals surface area (Å²) in [6, 6.07) is -0.981. The van der Waals surface area contributed by atoms with Crippen molar-refractivity contribution in [3.8, 4) is 0 Å². The second kappa shape index (κ2) is 9.74. The highest BCUT2D eigenvalue weighted by molar-refractivity contribution is 7.80. The third kappa shape index (κ3) is 10.7. The summed E-state index contributed by atoms with van der Waals surface area (Å²) in [5.74, 6) is -2.06. The molecule has 0 aliphatic rings. The molecule has 0 aliphatic carbocycles. The van der Waals surface area contributed by atoms with Crippen LogP contribution in [0.5, 0.6) is 0 Å². The Bertz CT molecular complexity index is 200. The Labute approximate surface area is 84.8 Å². The molecule has 0 aromatic heterocycles. The molecule has 8 nitrogen and oxygen atoms in total. The molecule has 0 aliphatic heterocycles. The maximum Gasteiger partial charge on any atom is 0.328 e. The molecule has 0 aromatic carbocycles. The summed E-state index contributed by atoms with van der Waals surface area (Å²) in [5.41, 5.74) is 6.40. The quantitative estimate of drug-likeness (QED) is 0.221. The summed E-state index contributed by atoms with van der Waals surface area (Å²) in [6.45, 7) is -0.278. The van der Waals surface area contributed by atoms with E-state index in [0.717, 1.165) is 0 Å². The minimum absolute atomic E-state index is 0.0427. The van der Waals surface area contributed by atoms with Gasteiger partial charge in [-0.25, -0.2) is 4.79 Å². The molecule has 0 unspecified atom stereocenters. The van der Waals surface area contributed by atoms with E-state index in [2.05, 4.69) is 23.6 Å². The van der Waals surface area contributed by atoms with Crippen LogP contribution in [0.15, 0.2) is 5.29 Å². The lowest BCUT2D eigenvalue weighted by atomic mass is 10.4. The molecular weight excluding hydrogens is 214 g/mol. The van der Waals surface area contributed by atoms with Crippen molar-refractivity contribution in [1.29, 1.82) is 0 Å². The first kappa shape index (κ1) is 15.1. The van der Waals surface area contributed by atoms with Crippen molar-refractivity contribution in [1.82, 2.24) is 5.43 Å². The Morgan fingerprint density at radius 2 is 1.93 bits per heavy atom. The molecule has 0 spiro atoms. The van der Waals surface area contributed by atoms with Gasteiger partial charge in [-0.05, 0) is 0 Å². The molecule has 0 saturated heterocycles. The summed E-state index contributed by atoms with van der Waals surface area (Å²) >= 11 is 3.65. The van der Waals surface area contributed by atoms with Crippen LogP contribution in [0.3, 0.4) is 0 Å². The highest BCUT2D eigenvalue weighted by Crippen LogP contribution is 1.86. The standard InChI is InChI=1S/C3H6N2O3S.C2H5NO2/c6-3(7)2(1-9)4-5-8;3-1-2(4)5/h2,9H,1H2,(H,4,8)(H,6,7);1,3H2,(H,4,5)/t2-;/m0./s1. The van der Waals surface area contributed by atoms with E-state index in [9.17, 15) is 14.5 Å². The van der Waals surface area contributed by atoms with E-state index in [1.807, 2.05) is 5.43 Å². The summed E-state index contributed by atoms with van der Waals surface area (Å²) in [7, 11) is 0. The van der Waals surface area contributed by atoms with Gasteiger partial charge in [-0.2, -0.15) is 12.6 Å². The van der Waals surface area contributed by atoms with E-state index < -0.39 is 18.0 Å². The van der Waals surface area contributed by atoms with Gasteiger partial charge in [0.2, 0.25) is 0 Å². The molecule has 0 aromatic rings. The number of nitrogens with zero attached hydrogens (tertiary/aromatic N) is 1. The summed E-state index contributed by atoms with van der Waals surface area (Å²) in [5, 5.41) is 18.0. The van der Waals surface area contributed by atoms with Gasteiger partial charge in [-0.3, -0.25) is 10.2 Å². The predicted octanol–water partition coefficient (Wildman–Crippen LogP) is -1.33. The number of hydrogen-bond donors (Lipinski definition) is 5. The van der Waals surface area contributed by atoms with E-state index in [4.69, 9.17) is 10.2 Å². The first-order valence-electron chi connectivity index (χ1n) is 3.33. The molecule has 0 radical (unpaired) electrons. The zero-order valence-electron chi connectivity index (χ0n) is 7.08. The molecule has 0 saturated carbocycles. The predicted molar refractivity (Wildman–Crippen MR) is 50.9 cm³/mol. The van der Waals surface area contributed by atoms with E-state index in [-0.39, 0.29) is 12.3 Å². The number of nitrogens with two attached hydrogens (primary N) is 1. The molecule has 1 atom stereocenters. The molecule has 0 heterocycles. The van der Waals surface area contributed by atoms with Crippen molar-refractivity contribution in [2.45, 2.75) is 6.04 Å². The summed E-state index contributed by atoms with van der Waals surface area (Å²) in [4.78, 5) is 28.7. The molecule has 5 N–H and O–H groups in total. The van der Waals surface area contributed by atoms with Gasteiger partial charge in [0, 0.05) is 5.75 Å². The fourth-order valence-corrected chi connectivity index (χ4v) is 0.476. The number of rotatable bonds is 5. The monoisotopic (exact) mass is 225 g/mol. The van der Waals surface area contributed by atoms with E-state index in [1.54, 1.807) is 0 Å². The van der Waals surface area contributed by atoms with Crippen LogP contribution in [-0.4, -0.2) is 40.5 Å². The van der Waals surface area contributed by atoms with Gasteiger partial charge in [0.25, 0.3) is 0 Å². The summed E-state index contributed by atoms with van der Waals surface area (Å²) < 4.78 is 0. The van der Waals surface area contributed by atoms with Crippen molar-refractivity contribution in [2.75, 3.05) is 12.3 Å². The van der Waals surface area contributed by atoms with E-state index in [1.165, 1.54) is 0 Å². The third-order valence-electron chi connectivity index (χ3n) is 0.864. The minimum Gasteiger partial charge on any atom is -0.480 e. The maximum atomic E-state index is 10.0. The molecule has 0 bridgehead atoms. The van der Waals surface area contributed by atoms with Gasteiger partial charge in [0.15, 0.2) is 6.04 Å². The van der Waals surface area contributed by atoms with Crippen LogP contribution in [0, 0.1) is 4.91 Å². The van der Waals surface area contributed by atoms with E-state index in [0.29, 0.717) is 0 Å². The minimum atomic E-state index is -1.13. The topological polar surface area (TPSA) is 142 Å². The van der Waals surface area contributed by atoms with Crippen molar-refractivity contribution < 1.29 is 19.8 Å². The Kier molecular flexibility index (Phi) is 10.5. The molecule has 0 rings (SSSR count). The molecule has 14 heavy (non-hydrogen) atoms. The molecule has 0 amide bonds. The Balaban J connectivity index is 0. The molecule has 0 fully saturated rings. The third-order valence-corrected chi connectivity index (χ3v) is 1.23. The number of hydrogen-bond acceptors (Lipinski definition) is 6. The average Bonchev–Trinajstić information content (AvgIpc) is 2.14. The number of thiol groups is 1. The molecule has 82 valence electrons. The number of carboxylic acids is 2. The number of aliphatic carboxylic acids is 2. The Morgan fingerprint density at radius 3 is 2.00 bits per heavy atom. The van der Waals surface area contributed by atoms with Crippen LogP contribution >= 0.6 is 12.6 Å². The largest absolute Gasteiger partial charge is 0.480 e. The summed E-state index contributed by atoms with van der Waals surface area (Å²) in [6.07, 6.45) is 0. The average molecular weight is 225 g/mol. The Hall–Kier alpha value is -1.35. The fraction of sp³-hybridized carbons (Fsp3) is 0.600.